The van der Waals surface area contributed by atoms with Crippen LogP contribution in [0, 0.1) is 5.82 Å². The van der Waals surface area contributed by atoms with E-state index < -0.39 is 5.82 Å². The van der Waals surface area contributed by atoms with E-state index in [1.165, 1.54) is 12.1 Å². The molecule has 1 heterocycles. The third-order valence-corrected chi connectivity index (χ3v) is 4.94. The van der Waals surface area contributed by atoms with Crippen molar-refractivity contribution in [2.75, 3.05) is 25.0 Å². The van der Waals surface area contributed by atoms with E-state index in [2.05, 4.69) is 21.2 Å². The highest BCUT2D eigenvalue weighted by molar-refractivity contribution is 9.10. The molecule has 1 saturated heterocycles. The number of phenols is 1. The first-order chi connectivity index (χ1) is 13.0. The zero-order valence-corrected chi connectivity index (χ0v) is 16.4. The Labute approximate surface area is 166 Å². The minimum absolute atomic E-state index is 0.0630. The van der Waals surface area contributed by atoms with Crippen LogP contribution in [0.1, 0.15) is 18.4 Å². The Kier molecular flexibility index (Phi) is 6.82. The van der Waals surface area contributed by atoms with E-state index in [9.17, 15) is 14.3 Å². The van der Waals surface area contributed by atoms with Crippen LogP contribution >= 0.6 is 15.9 Å². The second-order valence-electron chi connectivity index (χ2n) is 6.61. The van der Waals surface area contributed by atoms with Crippen molar-refractivity contribution in [1.82, 2.24) is 4.90 Å². The molecule has 0 aromatic heterocycles. The van der Waals surface area contributed by atoms with Crippen molar-refractivity contribution in [3.63, 3.8) is 0 Å². The summed E-state index contributed by atoms with van der Waals surface area (Å²) in [6, 6.07) is 11.5. The number of halogens is 2. The summed E-state index contributed by atoms with van der Waals surface area (Å²) in [6.07, 6.45) is 2.01. The molecule has 2 N–H and O–H groups in total. The maximum absolute atomic E-state index is 14.0. The fourth-order valence-electron chi connectivity index (χ4n) is 3.13. The number of nitrogens with zero attached hydrogens (tertiary/aromatic N) is 1. The number of rotatable bonds is 7. The molecule has 27 heavy (non-hydrogen) atoms. The number of phenolic OH excluding ortho intramolecular Hbond substituents is 1. The molecule has 2 aromatic carbocycles. The molecule has 7 heteroatoms. The Morgan fingerprint density at radius 3 is 2.85 bits per heavy atom. The van der Waals surface area contributed by atoms with Crippen LogP contribution in [0.25, 0.3) is 0 Å². The van der Waals surface area contributed by atoms with Crippen molar-refractivity contribution in [1.29, 1.82) is 0 Å². The van der Waals surface area contributed by atoms with Crippen LogP contribution in [0.15, 0.2) is 46.9 Å². The van der Waals surface area contributed by atoms with Gasteiger partial charge in [-0.15, -0.1) is 0 Å². The Balaban J connectivity index is 1.67. The summed E-state index contributed by atoms with van der Waals surface area (Å²) >= 11 is 3.20. The van der Waals surface area contributed by atoms with Gasteiger partial charge < -0.3 is 15.2 Å². The van der Waals surface area contributed by atoms with Crippen LogP contribution in [-0.2, 0) is 16.1 Å². The lowest BCUT2D eigenvalue weighted by atomic mass is 10.1. The molecule has 5 nitrogen and oxygen atoms in total. The van der Waals surface area contributed by atoms with E-state index in [1.807, 2.05) is 17.0 Å². The topological polar surface area (TPSA) is 61.8 Å². The Bertz CT molecular complexity index is 797. The predicted octanol–water partition coefficient (Wildman–Crippen LogP) is 3.91. The van der Waals surface area contributed by atoms with Crippen LogP contribution in [0.4, 0.5) is 10.1 Å². The summed E-state index contributed by atoms with van der Waals surface area (Å²) in [5.41, 5.74) is 0.876. The first-order valence-corrected chi connectivity index (χ1v) is 9.66. The Morgan fingerprint density at radius 1 is 1.33 bits per heavy atom. The quantitative estimate of drug-likeness (QED) is 0.690. The molecule has 1 aliphatic rings. The highest BCUT2D eigenvalue weighted by atomic mass is 79.9. The molecule has 2 aromatic rings. The number of carbonyl (C=O) groups excluding carboxylic acids is 1. The van der Waals surface area contributed by atoms with E-state index in [-0.39, 0.29) is 30.0 Å². The van der Waals surface area contributed by atoms with Crippen molar-refractivity contribution in [3.8, 4) is 5.75 Å². The maximum atomic E-state index is 14.0. The number of benzene rings is 2. The summed E-state index contributed by atoms with van der Waals surface area (Å²) in [4.78, 5) is 14.4. The molecule has 0 saturated carbocycles. The molecule has 1 aliphatic heterocycles. The predicted molar refractivity (Wildman–Crippen MR) is 105 cm³/mol. The van der Waals surface area contributed by atoms with Gasteiger partial charge in [-0.1, -0.05) is 34.1 Å². The third-order valence-electron chi connectivity index (χ3n) is 4.44. The lowest BCUT2D eigenvalue weighted by molar-refractivity contribution is -0.117. The van der Waals surface area contributed by atoms with Gasteiger partial charge in [0.25, 0.3) is 0 Å². The number of carbonyl (C=O) groups is 1. The number of nitrogens with one attached hydrogen (secondary N) is 1. The first kappa shape index (κ1) is 19.8. The van der Waals surface area contributed by atoms with Gasteiger partial charge in [0.1, 0.15) is 11.6 Å². The molecule has 0 bridgehead atoms. The van der Waals surface area contributed by atoms with E-state index in [1.54, 1.807) is 18.2 Å². The van der Waals surface area contributed by atoms with Gasteiger partial charge in [-0.2, -0.15) is 0 Å². The fraction of sp³-hybridized carbons (Fsp3) is 0.350. The van der Waals surface area contributed by atoms with Crippen molar-refractivity contribution in [2.45, 2.75) is 25.5 Å². The molecular weight excluding hydrogens is 415 g/mol. The molecule has 1 fully saturated rings. The maximum Gasteiger partial charge on any atom is 0.238 e. The molecule has 0 aliphatic carbocycles. The average Bonchev–Trinajstić information content (AvgIpc) is 3.12. The van der Waals surface area contributed by atoms with Crippen molar-refractivity contribution in [3.05, 3.63) is 58.3 Å². The summed E-state index contributed by atoms with van der Waals surface area (Å²) in [5, 5.41) is 12.7. The van der Waals surface area contributed by atoms with Gasteiger partial charge in [0, 0.05) is 29.7 Å². The van der Waals surface area contributed by atoms with E-state index in [4.69, 9.17) is 4.74 Å². The van der Waals surface area contributed by atoms with E-state index in [0.717, 1.165) is 25.0 Å². The fourth-order valence-corrected chi connectivity index (χ4v) is 3.46. The van der Waals surface area contributed by atoms with Crippen LogP contribution in [0.3, 0.4) is 0 Å². The second kappa shape index (κ2) is 9.30. The lowest BCUT2D eigenvalue weighted by Crippen LogP contribution is -2.38. The number of amides is 1. The van der Waals surface area contributed by atoms with Gasteiger partial charge in [-0.25, -0.2) is 4.39 Å². The first-order valence-electron chi connectivity index (χ1n) is 8.87. The Hall–Kier alpha value is -1.96. The summed E-state index contributed by atoms with van der Waals surface area (Å²) < 4.78 is 20.3. The van der Waals surface area contributed by atoms with E-state index >= 15 is 0 Å². The van der Waals surface area contributed by atoms with Crippen LogP contribution < -0.4 is 5.32 Å². The van der Waals surface area contributed by atoms with Crippen LogP contribution in [0.5, 0.6) is 5.75 Å². The molecule has 3 rings (SSSR count). The molecule has 144 valence electrons. The largest absolute Gasteiger partial charge is 0.508 e. The monoisotopic (exact) mass is 436 g/mol. The number of hydrogen-bond acceptors (Lipinski definition) is 4. The van der Waals surface area contributed by atoms with Gasteiger partial charge in [-0.3, -0.25) is 9.69 Å². The number of anilines is 1. The smallest absolute Gasteiger partial charge is 0.238 e. The molecule has 1 atom stereocenters. The SMILES string of the molecule is O=C(CN(Cc1ccccc1O)CC1CCCO1)Nc1ccc(Br)cc1F. The van der Waals surface area contributed by atoms with Crippen LogP contribution in [0.2, 0.25) is 0 Å². The average molecular weight is 437 g/mol. The minimum atomic E-state index is -0.496. The lowest BCUT2D eigenvalue weighted by Gasteiger charge is -2.25. The van der Waals surface area contributed by atoms with Gasteiger partial charge in [0.2, 0.25) is 5.91 Å². The van der Waals surface area contributed by atoms with Gasteiger partial charge in [0.15, 0.2) is 0 Å². The Morgan fingerprint density at radius 2 is 2.15 bits per heavy atom. The number of ether oxygens (including phenoxy) is 1. The standard InChI is InChI=1S/C20H22BrFN2O3/c21-15-7-8-18(17(22)10-15)23-20(26)13-24(12-16-5-3-9-27-16)11-14-4-1-2-6-19(14)25/h1-2,4,6-8,10,16,25H,3,5,9,11-13H2,(H,23,26). The molecular formula is C20H22BrFN2O3. The highest BCUT2D eigenvalue weighted by Gasteiger charge is 2.22. The summed E-state index contributed by atoms with van der Waals surface area (Å²) in [6.45, 7) is 1.78. The zero-order valence-electron chi connectivity index (χ0n) is 14.8. The molecule has 0 spiro atoms. The summed E-state index contributed by atoms with van der Waals surface area (Å²) in [7, 11) is 0. The molecule has 1 amide bonds. The highest BCUT2D eigenvalue weighted by Crippen LogP contribution is 2.21. The van der Waals surface area contributed by atoms with Crippen LogP contribution in [-0.4, -0.2) is 41.7 Å². The van der Waals surface area contributed by atoms with Gasteiger partial charge >= 0.3 is 0 Å². The zero-order chi connectivity index (χ0) is 19.2. The minimum Gasteiger partial charge on any atom is -0.508 e. The molecule has 1 unspecified atom stereocenters. The number of para-hydroxylation sites is 1. The van der Waals surface area contributed by atoms with Gasteiger partial charge in [0.05, 0.1) is 18.3 Å². The van der Waals surface area contributed by atoms with Gasteiger partial charge in [-0.05, 0) is 37.1 Å². The van der Waals surface area contributed by atoms with Crippen molar-refractivity contribution in [2.24, 2.45) is 0 Å². The number of hydrogen-bond donors (Lipinski definition) is 2. The number of aromatic hydroxyl groups is 1. The van der Waals surface area contributed by atoms with Crippen molar-refractivity contribution >= 4 is 27.5 Å². The van der Waals surface area contributed by atoms with E-state index in [0.29, 0.717) is 17.6 Å². The summed E-state index contributed by atoms with van der Waals surface area (Å²) in [5.74, 6) is -0.622. The van der Waals surface area contributed by atoms with Crippen molar-refractivity contribution < 1.29 is 19.0 Å². The third kappa shape index (κ3) is 5.76. The molecule has 0 radical (unpaired) electrons. The second-order valence-corrected chi connectivity index (χ2v) is 7.52. The normalized spacial score (nSPS) is 16.6.